The van der Waals surface area contributed by atoms with Crippen LogP contribution in [0.15, 0.2) is 12.1 Å². The lowest BCUT2D eigenvalue weighted by molar-refractivity contribution is 0.245. The minimum absolute atomic E-state index is 0.276. The van der Waals surface area contributed by atoms with Crippen molar-refractivity contribution >= 4 is 23.2 Å². The molecule has 2 aliphatic carbocycles. The van der Waals surface area contributed by atoms with E-state index >= 15 is 0 Å². The summed E-state index contributed by atoms with van der Waals surface area (Å²) < 4.78 is 14.0. The normalized spacial score (nSPS) is 34.8. The van der Waals surface area contributed by atoms with E-state index in [0.717, 1.165) is 18.8 Å². The summed E-state index contributed by atoms with van der Waals surface area (Å²) in [7, 11) is 0. The van der Waals surface area contributed by atoms with Gasteiger partial charge in [-0.15, -0.1) is 0 Å². The molecule has 0 heterocycles. The van der Waals surface area contributed by atoms with Crippen molar-refractivity contribution in [1.29, 1.82) is 0 Å². The van der Waals surface area contributed by atoms with Crippen molar-refractivity contribution in [2.45, 2.75) is 38.6 Å². The molecule has 1 aromatic rings. The molecule has 3 unspecified atom stereocenters. The molecular formula is C15H18Cl2FN. The van der Waals surface area contributed by atoms with Crippen LogP contribution < -0.4 is 5.73 Å². The van der Waals surface area contributed by atoms with E-state index in [1.54, 1.807) is 0 Å². The van der Waals surface area contributed by atoms with E-state index < -0.39 is 0 Å². The van der Waals surface area contributed by atoms with Crippen LogP contribution in [0, 0.1) is 23.1 Å². The molecule has 104 valence electrons. The van der Waals surface area contributed by atoms with Crippen molar-refractivity contribution < 1.29 is 4.39 Å². The Bertz CT molecular complexity index is 519. The van der Waals surface area contributed by atoms with Crippen LogP contribution in [0.4, 0.5) is 4.39 Å². The second kappa shape index (κ2) is 4.61. The molecular weight excluding hydrogens is 284 g/mol. The Morgan fingerprint density at radius 2 is 2.16 bits per heavy atom. The van der Waals surface area contributed by atoms with E-state index in [1.165, 1.54) is 25.0 Å². The average molecular weight is 302 g/mol. The summed E-state index contributed by atoms with van der Waals surface area (Å²) >= 11 is 12.1. The Morgan fingerprint density at radius 3 is 2.84 bits per heavy atom. The van der Waals surface area contributed by atoms with Crippen molar-refractivity contribution in [3.05, 3.63) is 33.6 Å². The Balaban J connectivity index is 1.84. The lowest BCUT2D eigenvalue weighted by atomic mass is 9.77. The van der Waals surface area contributed by atoms with E-state index in [0.29, 0.717) is 21.9 Å². The maximum Gasteiger partial charge on any atom is 0.129 e. The first-order valence-corrected chi connectivity index (χ1v) is 7.57. The molecule has 3 rings (SSSR count). The number of benzene rings is 1. The number of hydrogen-bond donors (Lipinski definition) is 1. The molecule has 2 fully saturated rings. The smallest absolute Gasteiger partial charge is 0.129 e. The molecule has 19 heavy (non-hydrogen) atoms. The molecule has 4 heteroatoms. The fourth-order valence-corrected chi connectivity index (χ4v) is 4.03. The topological polar surface area (TPSA) is 26.0 Å². The second-order valence-corrected chi connectivity index (χ2v) is 7.16. The number of fused-ring (bicyclic) bond motifs is 1. The SMILES string of the molecule is CC12CC[C@H](C(N)c3c(F)ccc(Cl)c3Cl)CC1C2. The zero-order valence-electron chi connectivity index (χ0n) is 10.9. The molecule has 2 saturated carbocycles. The summed E-state index contributed by atoms with van der Waals surface area (Å²) in [5, 5.41) is 0.652. The Morgan fingerprint density at radius 1 is 1.42 bits per heavy atom. The third-order valence-corrected chi connectivity index (χ3v) is 5.95. The van der Waals surface area contributed by atoms with Gasteiger partial charge in [0.1, 0.15) is 5.82 Å². The third-order valence-electron chi connectivity index (χ3n) is 5.13. The van der Waals surface area contributed by atoms with Gasteiger partial charge in [0, 0.05) is 11.6 Å². The van der Waals surface area contributed by atoms with Crippen molar-refractivity contribution in [1.82, 2.24) is 0 Å². The van der Waals surface area contributed by atoms with Crippen molar-refractivity contribution in [2.24, 2.45) is 23.0 Å². The minimum Gasteiger partial charge on any atom is -0.324 e. The average Bonchev–Trinajstić information content (AvgIpc) is 3.04. The standard InChI is InChI=1S/C15H18Cl2FN/c1-15-5-4-8(6-9(15)7-15)14(19)12-11(18)3-2-10(16)13(12)17/h2-3,8-9,14H,4-7,19H2,1H3/t8-,9?,14?,15?/m0/s1. The van der Waals surface area contributed by atoms with Crippen LogP contribution in [-0.2, 0) is 0 Å². The summed E-state index contributed by atoms with van der Waals surface area (Å²) in [6.07, 6.45) is 4.62. The van der Waals surface area contributed by atoms with Crippen molar-refractivity contribution in [2.75, 3.05) is 0 Å². The zero-order chi connectivity index (χ0) is 13.8. The van der Waals surface area contributed by atoms with Gasteiger partial charge in [0.15, 0.2) is 0 Å². The molecule has 0 radical (unpaired) electrons. The van der Waals surface area contributed by atoms with Gasteiger partial charge in [0.25, 0.3) is 0 Å². The summed E-state index contributed by atoms with van der Waals surface area (Å²) in [6.45, 7) is 2.34. The van der Waals surface area contributed by atoms with E-state index in [9.17, 15) is 4.39 Å². The molecule has 0 amide bonds. The summed E-state index contributed by atoms with van der Waals surface area (Å²) in [6, 6.07) is 2.48. The summed E-state index contributed by atoms with van der Waals surface area (Å²) in [5.41, 5.74) is 7.21. The molecule has 2 N–H and O–H groups in total. The number of hydrogen-bond acceptors (Lipinski definition) is 1. The highest BCUT2D eigenvalue weighted by atomic mass is 35.5. The Hall–Kier alpha value is -0.310. The molecule has 2 aliphatic rings. The van der Waals surface area contributed by atoms with Crippen LogP contribution in [0.3, 0.4) is 0 Å². The summed E-state index contributed by atoms with van der Waals surface area (Å²) in [5.74, 6) is 0.732. The van der Waals surface area contributed by atoms with E-state index in [-0.39, 0.29) is 16.9 Å². The van der Waals surface area contributed by atoms with E-state index in [2.05, 4.69) is 6.92 Å². The maximum absolute atomic E-state index is 14.0. The van der Waals surface area contributed by atoms with Gasteiger partial charge in [0.2, 0.25) is 0 Å². The Labute approximate surface area is 123 Å². The van der Waals surface area contributed by atoms with Gasteiger partial charge in [-0.3, -0.25) is 0 Å². The molecule has 1 aromatic carbocycles. The molecule has 0 spiro atoms. The molecule has 0 bridgehead atoms. The lowest BCUT2D eigenvalue weighted by Gasteiger charge is -2.31. The second-order valence-electron chi connectivity index (χ2n) is 6.37. The van der Waals surface area contributed by atoms with E-state index in [4.69, 9.17) is 28.9 Å². The molecule has 1 nitrogen and oxygen atoms in total. The summed E-state index contributed by atoms with van der Waals surface area (Å²) in [4.78, 5) is 0. The predicted octanol–water partition coefficient (Wildman–Crippen LogP) is 4.96. The van der Waals surface area contributed by atoms with Crippen LogP contribution >= 0.6 is 23.2 Å². The van der Waals surface area contributed by atoms with Gasteiger partial charge in [-0.25, -0.2) is 4.39 Å². The maximum atomic E-state index is 14.0. The molecule has 0 aliphatic heterocycles. The fraction of sp³-hybridized carbons (Fsp3) is 0.600. The highest BCUT2D eigenvalue weighted by Gasteiger charge is 2.53. The minimum atomic E-state index is -0.351. The highest BCUT2D eigenvalue weighted by Crippen LogP contribution is 2.63. The van der Waals surface area contributed by atoms with E-state index in [1.807, 2.05) is 0 Å². The number of nitrogens with two attached hydrogens (primary N) is 1. The first kappa shape index (κ1) is 13.7. The lowest BCUT2D eigenvalue weighted by Crippen LogP contribution is -2.27. The first-order chi connectivity index (χ1) is 8.92. The quantitative estimate of drug-likeness (QED) is 0.768. The fourth-order valence-electron chi connectivity index (χ4n) is 3.59. The van der Waals surface area contributed by atoms with Gasteiger partial charge in [-0.1, -0.05) is 30.1 Å². The third kappa shape index (κ3) is 2.28. The first-order valence-electron chi connectivity index (χ1n) is 6.81. The van der Waals surface area contributed by atoms with Crippen LogP contribution in [0.1, 0.15) is 44.2 Å². The molecule has 0 saturated heterocycles. The van der Waals surface area contributed by atoms with Crippen LogP contribution in [0.2, 0.25) is 10.0 Å². The van der Waals surface area contributed by atoms with Crippen LogP contribution in [-0.4, -0.2) is 0 Å². The predicted molar refractivity (Wildman–Crippen MR) is 76.9 cm³/mol. The number of rotatable bonds is 2. The van der Waals surface area contributed by atoms with Gasteiger partial charge in [0.05, 0.1) is 10.0 Å². The molecule has 0 aromatic heterocycles. The van der Waals surface area contributed by atoms with Gasteiger partial charge >= 0.3 is 0 Å². The Kier molecular flexibility index (Phi) is 3.32. The van der Waals surface area contributed by atoms with Crippen LogP contribution in [0.25, 0.3) is 0 Å². The number of halogens is 3. The van der Waals surface area contributed by atoms with Gasteiger partial charge in [-0.05, 0) is 55.1 Å². The van der Waals surface area contributed by atoms with Crippen LogP contribution in [0.5, 0.6) is 0 Å². The van der Waals surface area contributed by atoms with Crippen molar-refractivity contribution in [3.63, 3.8) is 0 Å². The monoisotopic (exact) mass is 301 g/mol. The molecule has 4 atom stereocenters. The van der Waals surface area contributed by atoms with Gasteiger partial charge < -0.3 is 5.73 Å². The zero-order valence-corrected chi connectivity index (χ0v) is 12.4. The van der Waals surface area contributed by atoms with Crippen molar-refractivity contribution in [3.8, 4) is 0 Å². The highest BCUT2D eigenvalue weighted by molar-refractivity contribution is 6.42. The van der Waals surface area contributed by atoms with Gasteiger partial charge in [-0.2, -0.15) is 0 Å². The largest absolute Gasteiger partial charge is 0.324 e.